The van der Waals surface area contributed by atoms with Crippen LogP contribution in [-0.4, -0.2) is 19.1 Å². The first kappa shape index (κ1) is 20.0. The molecule has 0 aliphatic heterocycles. The van der Waals surface area contributed by atoms with Crippen molar-refractivity contribution in [2.45, 2.75) is 19.3 Å². The fourth-order valence-electron chi connectivity index (χ4n) is 3.08. The molecule has 28 heavy (non-hydrogen) atoms. The van der Waals surface area contributed by atoms with Gasteiger partial charge in [0.25, 0.3) is 0 Å². The lowest BCUT2D eigenvalue weighted by atomic mass is 9.88. The van der Waals surface area contributed by atoms with Crippen LogP contribution in [0.25, 0.3) is 0 Å². The highest BCUT2D eigenvalue weighted by Gasteiger charge is 2.17. The van der Waals surface area contributed by atoms with Crippen molar-refractivity contribution in [1.82, 2.24) is 5.32 Å². The zero-order valence-corrected chi connectivity index (χ0v) is 16.7. The standard InChI is InChI=1S/C24H24ClNO2/c1-18-12-13-21(16-23(18)25)28-15-14-26-24(27)17-22(19-8-4-2-5-9-19)20-10-6-3-7-11-20/h2-13,16,22H,14-15,17H2,1H3,(H,26,27). The quantitative estimate of drug-likeness (QED) is 0.523. The Labute approximate surface area is 171 Å². The van der Waals surface area contributed by atoms with Gasteiger partial charge in [0.1, 0.15) is 12.4 Å². The number of aryl methyl sites for hydroxylation is 1. The predicted molar refractivity (Wildman–Crippen MR) is 114 cm³/mol. The third-order valence-corrected chi connectivity index (χ3v) is 5.04. The molecule has 1 amide bonds. The lowest BCUT2D eigenvalue weighted by Crippen LogP contribution is -2.29. The lowest BCUT2D eigenvalue weighted by Gasteiger charge is -2.18. The number of ether oxygens (including phenoxy) is 1. The maximum absolute atomic E-state index is 12.5. The summed E-state index contributed by atoms with van der Waals surface area (Å²) < 4.78 is 5.67. The minimum atomic E-state index is 0.00300. The number of halogens is 1. The van der Waals surface area contributed by atoms with Gasteiger partial charge < -0.3 is 10.1 Å². The average Bonchev–Trinajstić information content (AvgIpc) is 2.73. The van der Waals surface area contributed by atoms with Crippen molar-refractivity contribution >= 4 is 17.5 Å². The van der Waals surface area contributed by atoms with Crippen molar-refractivity contribution < 1.29 is 9.53 Å². The van der Waals surface area contributed by atoms with E-state index in [1.807, 2.05) is 55.5 Å². The number of carbonyl (C=O) groups is 1. The Hall–Kier alpha value is -2.78. The molecule has 0 aromatic heterocycles. The van der Waals surface area contributed by atoms with E-state index >= 15 is 0 Å². The molecule has 144 valence electrons. The van der Waals surface area contributed by atoms with E-state index < -0.39 is 0 Å². The first-order valence-electron chi connectivity index (χ1n) is 9.39. The first-order chi connectivity index (χ1) is 13.6. The van der Waals surface area contributed by atoms with Gasteiger partial charge in [-0.15, -0.1) is 0 Å². The van der Waals surface area contributed by atoms with Crippen LogP contribution in [0.1, 0.15) is 29.0 Å². The van der Waals surface area contributed by atoms with E-state index in [1.165, 1.54) is 0 Å². The maximum atomic E-state index is 12.5. The minimum absolute atomic E-state index is 0.00300. The van der Waals surface area contributed by atoms with Gasteiger partial charge in [0.15, 0.2) is 0 Å². The number of hydrogen-bond donors (Lipinski definition) is 1. The molecule has 0 bridgehead atoms. The zero-order chi connectivity index (χ0) is 19.8. The van der Waals surface area contributed by atoms with Crippen molar-refractivity contribution in [3.8, 4) is 5.75 Å². The molecule has 0 radical (unpaired) electrons. The summed E-state index contributed by atoms with van der Waals surface area (Å²) >= 11 is 6.10. The minimum Gasteiger partial charge on any atom is -0.492 e. The third kappa shape index (κ3) is 5.61. The molecule has 0 atom stereocenters. The normalized spacial score (nSPS) is 10.7. The van der Waals surface area contributed by atoms with Crippen LogP contribution >= 0.6 is 11.6 Å². The van der Waals surface area contributed by atoms with Crippen LogP contribution in [0.5, 0.6) is 5.75 Å². The van der Waals surface area contributed by atoms with E-state index in [9.17, 15) is 4.79 Å². The number of rotatable bonds is 8. The molecule has 0 saturated heterocycles. The van der Waals surface area contributed by atoms with Crippen LogP contribution in [0.2, 0.25) is 5.02 Å². The fraction of sp³-hybridized carbons (Fsp3) is 0.208. The number of nitrogens with one attached hydrogen (secondary N) is 1. The summed E-state index contributed by atoms with van der Waals surface area (Å²) in [6.45, 7) is 2.79. The molecular formula is C24H24ClNO2. The van der Waals surface area contributed by atoms with Gasteiger partial charge >= 0.3 is 0 Å². The van der Waals surface area contributed by atoms with Crippen molar-refractivity contribution in [1.29, 1.82) is 0 Å². The highest BCUT2D eigenvalue weighted by Crippen LogP contribution is 2.27. The maximum Gasteiger partial charge on any atom is 0.221 e. The van der Waals surface area contributed by atoms with Gasteiger partial charge in [-0.05, 0) is 35.7 Å². The summed E-state index contributed by atoms with van der Waals surface area (Å²) in [6.07, 6.45) is 0.393. The van der Waals surface area contributed by atoms with Gasteiger partial charge in [-0.1, -0.05) is 78.3 Å². The van der Waals surface area contributed by atoms with Crippen molar-refractivity contribution in [3.63, 3.8) is 0 Å². The van der Waals surface area contributed by atoms with Gasteiger partial charge in [-0.25, -0.2) is 0 Å². The van der Waals surface area contributed by atoms with E-state index in [0.717, 1.165) is 16.7 Å². The monoisotopic (exact) mass is 393 g/mol. The summed E-state index contributed by atoms with van der Waals surface area (Å²) in [4.78, 5) is 12.5. The molecule has 4 heteroatoms. The van der Waals surface area contributed by atoms with Crippen molar-refractivity contribution in [3.05, 3.63) is 101 Å². The zero-order valence-electron chi connectivity index (χ0n) is 15.9. The lowest BCUT2D eigenvalue weighted by molar-refractivity contribution is -0.121. The first-order valence-corrected chi connectivity index (χ1v) is 9.77. The number of hydrogen-bond acceptors (Lipinski definition) is 2. The molecule has 0 aliphatic carbocycles. The smallest absolute Gasteiger partial charge is 0.221 e. The Balaban J connectivity index is 1.54. The Bertz CT molecular complexity index is 857. The third-order valence-electron chi connectivity index (χ3n) is 4.63. The number of carbonyl (C=O) groups excluding carboxylic acids is 1. The molecule has 3 rings (SSSR count). The average molecular weight is 394 g/mol. The second-order valence-corrected chi connectivity index (χ2v) is 7.09. The summed E-state index contributed by atoms with van der Waals surface area (Å²) in [5.74, 6) is 0.735. The predicted octanol–water partition coefficient (Wildman–Crippen LogP) is 5.37. The van der Waals surface area contributed by atoms with Crippen LogP contribution in [-0.2, 0) is 4.79 Å². The van der Waals surface area contributed by atoms with E-state index in [2.05, 4.69) is 29.6 Å². The summed E-state index contributed by atoms with van der Waals surface area (Å²) in [6, 6.07) is 25.8. The van der Waals surface area contributed by atoms with E-state index in [1.54, 1.807) is 6.07 Å². The molecule has 0 saturated carbocycles. The summed E-state index contributed by atoms with van der Waals surface area (Å²) in [5, 5.41) is 3.63. The topological polar surface area (TPSA) is 38.3 Å². The molecule has 3 nitrogen and oxygen atoms in total. The Morgan fingerprint density at radius 1 is 0.964 bits per heavy atom. The number of amides is 1. The SMILES string of the molecule is Cc1ccc(OCCNC(=O)CC(c2ccccc2)c2ccccc2)cc1Cl. The highest BCUT2D eigenvalue weighted by atomic mass is 35.5. The highest BCUT2D eigenvalue weighted by molar-refractivity contribution is 6.31. The van der Waals surface area contributed by atoms with Gasteiger partial charge in [0.05, 0.1) is 6.54 Å². The van der Waals surface area contributed by atoms with Crippen LogP contribution in [0, 0.1) is 6.92 Å². The Morgan fingerprint density at radius 2 is 1.57 bits per heavy atom. The van der Waals surface area contributed by atoms with E-state index in [4.69, 9.17) is 16.3 Å². The van der Waals surface area contributed by atoms with Gasteiger partial charge in [0.2, 0.25) is 5.91 Å². The van der Waals surface area contributed by atoms with Gasteiger partial charge in [-0.3, -0.25) is 4.79 Å². The van der Waals surface area contributed by atoms with Gasteiger partial charge in [-0.2, -0.15) is 0 Å². The Morgan fingerprint density at radius 3 is 2.14 bits per heavy atom. The summed E-state index contributed by atoms with van der Waals surface area (Å²) in [5.41, 5.74) is 3.28. The largest absolute Gasteiger partial charge is 0.492 e. The van der Waals surface area contributed by atoms with Crippen LogP contribution in [0.15, 0.2) is 78.9 Å². The Kier molecular flexibility index (Phi) is 7.10. The van der Waals surface area contributed by atoms with Crippen LogP contribution in [0.3, 0.4) is 0 Å². The molecule has 0 spiro atoms. The molecule has 1 N–H and O–H groups in total. The van der Waals surface area contributed by atoms with E-state index in [-0.39, 0.29) is 11.8 Å². The second-order valence-electron chi connectivity index (χ2n) is 6.69. The molecule has 0 aliphatic rings. The van der Waals surface area contributed by atoms with Crippen LogP contribution < -0.4 is 10.1 Å². The molecular weight excluding hydrogens is 370 g/mol. The second kappa shape index (κ2) is 9.95. The van der Waals surface area contributed by atoms with E-state index in [0.29, 0.717) is 30.3 Å². The molecule has 0 fully saturated rings. The number of benzene rings is 3. The fourth-order valence-corrected chi connectivity index (χ4v) is 3.25. The molecule has 3 aromatic carbocycles. The van der Waals surface area contributed by atoms with Crippen molar-refractivity contribution in [2.24, 2.45) is 0 Å². The van der Waals surface area contributed by atoms with Crippen molar-refractivity contribution in [2.75, 3.05) is 13.2 Å². The van der Waals surface area contributed by atoms with Gasteiger partial charge in [0, 0.05) is 17.4 Å². The molecule has 0 heterocycles. The molecule has 3 aromatic rings. The summed E-state index contributed by atoms with van der Waals surface area (Å²) in [7, 11) is 0. The van der Waals surface area contributed by atoms with Crippen LogP contribution in [0.4, 0.5) is 0 Å². The molecule has 0 unspecified atom stereocenters.